The first-order chi connectivity index (χ1) is 25.3. The number of rotatable bonds is 0. The molecule has 0 aliphatic rings. The lowest BCUT2D eigenvalue weighted by molar-refractivity contribution is 1.32. The summed E-state index contributed by atoms with van der Waals surface area (Å²) < 4.78 is 7.94. The Morgan fingerprint density at radius 1 is 0.235 bits per heavy atom. The second-order valence-electron chi connectivity index (χ2n) is 15.2. The van der Waals surface area contributed by atoms with Gasteiger partial charge in [0.15, 0.2) is 0 Å². The van der Waals surface area contributed by atoms with Crippen molar-refractivity contribution in [1.82, 2.24) is 13.2 Å². The number of hydrogen-bond donors (Lipinski definition) is 0. The molecule has 0 fully saturated rings. The number of nitrogens with zero attached hydrogens (tertiary/aromatic N) is 3. The van der Waals surface area contributed by atoms with Crippen LogP contribution in [0.15, 0.2) is 127 Å². The van der Waals surface area contributed by atoms with Gasteiger partial charge in [0.2, 0.25) is 0 Å². The molecule has 9 heterocycles. The highest BCUT2D eigenvalue weighted by molar-refractivity contribution is 6.51. The van der Waals surface area contributed by atoms with Gasteiger partial charge in [-0.1, -0.05) is 72.8 Å². The Balaban J connectivity index is 1.44. The third-order valence-corrected chi connectivity index (χ3v) is 13.2. The van der Waals surface area contributed by atoms with Crippen LogP contribution >= 0.6 is 0 Å². The molecule has 0 bridgehead atoms. The Morgan fingerprint density at radius 3 is 0.863 bits per heavy atom. The third kappa shape index (κ3) is 2.13. The van der Waals surface area contributed by atoms with Gasteiger partial charge in [-0.3, -0.25) is 0 Å². The number of pyridine rings is 6. The van der Waals surface area contributed by atoms with Crippen molar-refractivity contribution < 1.29 is 0 Å². The van der Waals surface area contributed by atoms with Crippen molar-refractivity contribution in [3.05, 3.63) is 127 Å². The van der Waals surface area contributed by atoms with Crippen LogP contribution in [0.3, 0.4) is 0 Å². The van der Waals surface area contributed by atoms with E-state index in [0.717, 1.165) is 0 Å². The fraction of sp³-hybridized carbons (Fsp3) is 0. The van der Waals surface area contributed by atoms with Crippen molar-refractivity contribution in [2.24, 2.45) is 0 Å². The van der Waals surface area contributed by atoms with E-state index in [9.17, 15) is 0 Å². The molecule has 0 atom stereocenters. The fourth-order valence-corrected chi connectivity index (χ4v) is 11.6. The molecular formula is C48H21N3. The molecule has 16 rings (SSSR count). The molecule has 0 saturated carbocycles. The molecule has 0 spiro atoms. The molecule has 0 radical (unpaired) electrons. The van der Waals surface area contributed by atoms with E-state index >= 15 is 0 Å². The predicted octanol–water partition coefficient (Wildman–Crippen LogP) is 12.9. The molecule has 3 nitrogen and oxygen atoms in total. The molecule has 0 aliphatic carbocycles. The minimum absolute atomic E-state index is 1.29. The van der Waals surface area contributed by atoms with Crippen LogP contribution in [0.4, 0.5) is 0 Å². The van der Waals surface area contributed by atoms with Crippen LogP contribution in [-0.4, -0.2) is 13.2 Å². The van der Waals surface area contributed by atoms with E-state index in [2.05, 4.69) is 141 Å². The highest BCUT2D eigenvalue weighted by Crippen LogP contribution is 2.57. The maximum atomic E-state index is 2.65. The Hall–Kier alpha value is -6.84. The van der Waals surface area contributed by atoms with E-state index in [4.69, 9.17) is 0 Å². The largest absolute Gasteiger partial charge is 0.308 e. The summed E-state index contributed by atoms with van der Waals surface area (Å²) in [6, 6.07) is 48.9. The van der Waals surface area contributed by atoms with Gasteiger partial charge in [0, 0.05) is 64.6 Å². The first-order valence-electron chi connectivity index (χ1n) is 18.0. The third-order valence-electron chi connectivity index (χ3n) is 13.2. The SMILES string of the molecule is c1ccc2c(c1)cc1c3c2c2ccc4c5cc6ccccc6c6c5c5c(c3c3c7c8c(cc9ccccc9c8c8ccc1n83)c1ccc6n1c57)n42. The van der Waals surface area contributed by atoms with Crippen molar-refractivity contribution in [2.45, 2.75) is 0 Å². The molecule has 0 aliphatic heterocycles. The van der Waals surface area contributed by atoms with Crippen molar-refractivity contribution in [3.8, 4) is 0 Å². The van der Waals surface area contributed by atoms with Gasteiger partial charge in [-0.05, 0) is 86.9 Å². The van der Waals surface area contributed by atoms with E-state index in [1.165, 1.54) is 147 Å². The highest BCUT2D eigenvalue weighted by atomic mass is 15.0. The van der Waals surface area contributed by atoms with Gasteiger partial charge < -0.3 is 13.2 Å². The summed E-state index contributed by atoms with van der Waals surface area (Å²) in [7, 11) is 0. The van der Waals surface area contributed by atoms with Gasteiger partial charge in [0.1, 0.15) is 0 Å². The lowest BCUT2D eigenvalue weighted by Gasteiger charge is -2.28. The zero-order valence-corrected chi connectivity index (χ0v) is 27.0. The van der Waals surface area contributed by atoms with Crippen LogP contribution in [0.1, 0.15) is 0 Å². The summed E-state index contributed by atoms with van der Waals surface area (Å²) in [5.41, 5.74) is 11.8. The summed E-state index contributed by atoms with van der Waals surface area (Å²) in [4.78, 5) is 0. The highest BCUT2D eigenvalue weighted by Gasteiger charge is 2.33. The average molecular weight is 640 g/mol. The second-order valence-corrected chi connectivity index (χ2v) is 15.2. The first-order valence-corrected chi connectivity index (χ1v) is 18.0. The van der Waals surface area contributed by atoms with Crippen molar-refractivity contribution >= 4 is 147 Å². The molecule has 3 heteroatoms. The smallest absolute Gasteiger partial charge is 0.0662 e. The van der Waals surface area contributed by atoms with Crippen LogP contribution in [0.5, 0.6) is 0 Å². The van der Waals surface area contributed by atoms with Gasteiger partial charge >= 0.3 is 0 Å². The Labute approximate surface area is 286 Å². The van der Waals surface area contributed by atoms with Crippen LogP contribution in [-0.2, 0) is 0 Å². The Kier molecular flexibility index (Phi) is 3.26. The Bertz CT molecular complexity index is 3740. The summed E-state index contributed by atoms with van der Waals surface area (Å²) in [6.07, 6.45) is 0. The fourth-order valence-electron chi connectivity index (χ4n) is 11.6. The number of benzene rings is 7. The summed E-state index contributed by atoms with van der Waals surface area (Å²) in [6.45, 7) is 0. The molecule has 0 saturated heterocycles. The molecule has 51 heavy (non-hydrogen) atoms. The van der Waals surface area contributed by atoms with Crippen LogP contribution in [0.2, 0.25) is 0 Å². The summed E-state index contributed by atoms with van der Waals surface area (Å²) in [5, 5.41) is 24.3. The van der Waals surface area contributed by atoms with Crippen LogP contribution in [0.25, 0.3) is 147 Å². The van der Waals surface area contributed by atoms with Gasteiger partial charge in [0.05, 0.1) is 49.7 Å². The molecule has 0 amide bonds. The molecule has 7 aromatic carbocycles. The monoisotopic (exact) mass is 639 g/mol. The van der Waals surface area contributed by atoms with Gasteiger partial charge in [-0.25, -0.2) is 0 Å². The summed E-state index contributed by atoms with van der Waals surface area (Å²) in [5.74, 6) is 0. The van der Waals surface area contributed by atoms with E-state index in [0.29, 0.717) is 0 Å². The van der Waals surface area contributed by atoms with Crippen molar-refractivity contribution in [3.63, 3.8) is 0 Å². The normalized spacial score (nSPS) is 13.9. The maximum Gasteiger partial charge on any atom is 0.0662 e. The Morgan fingerprint density at radius 2 is 0.529 bits per heavy atom. The lowest BCUT2D eigenvalue weighted by atomic mass is 9.85. The number of hydrogen-bond acceptors (Lipinski definition) is 0. The second kappa shape index (κ2) is 7.07. The zero-order valence-electron chi connectivity index (χ0n) is 27.0. The standard InChI is InChI=1S/C48H21N3/c1-4-10-25-22(7-1)19-28-31-13-17-35-38-26-11-5-2-9-24(26)21-30-33-15-18-36-39-27-12-6-3-8-23(27)20-29-32-14-16-34-37(25)40(28)43-46(49(31)35)44(42(30)38)48(51(33)36)45(41(29)39)47(43)50(32)34/h1-21H. The quantitative estimate of drug-likeness (QED) is 0.116. The number of fused-ring (bicyclic) bond motifs is 12. The molecule has 0 N–H and O–H groups in total. The zero-order chi connectivity index (χ0) is 32.2. The van der Waals surface area contributed by atoms with Crippen molar-refractivity contribution in [2.75, 3.05) is 0 Å². The predicted molar refractivity (Wildman–Crippen MR) is 216 cm³/mol. The van der Waals surface area contributed by atoms with Gasteiger partial charge in [-0.2, -0.15) is 0 Å². The molecule has 228 valence electrons. The molecular weight excluding hydrogens is 619 g/mol. The topological polar surface area (TPSA) is 13.2 Å². The average Bonchev–Trinajstić information content (AvgIpc) is 3.94. The van der Waals surface area contributed by atoms with Crippen LogP contribution < -0.4 is 0 Å². The van der Waals surface area contributed by atoms with Crippen molar-refractivity contribution in [1.29, 1.82) is 0 Å². The first kappa shape index (κ1) is 23.5. The molecule has 16 aromatic rings. The van der Waals surface area contributed by atoms with E-state index < -0.39 is 0 Å². The van der Waals surface area contributed by atoms with Crippen LogP contribution in [0, 0.1) is 0 Å². The van der Waals surface area contributed by atoms with E-state index in [1.807, 2.05) is 0 Å². The summed E-state index contributed by atoms with van der Waals surface area (Å²) >= 11 is 0. The van der Waals surface area contributed by atoms with E-state index in [1.54, 1.807) is 0 Å². The minimum Gasteiger partial charge on any atom is -0.308 e. The lowest BCUT2D eigenvalue weighted by Crippen LogP contribution is -2.07. The number of aromatic nitrogens is 3. The van der Waals surface area contributed by atoms with E-state index in [-0.39, 0.29) is 0 Å². The van der Waals surface area contributed by atoms with Gasteiger partial charge in [0.25, 0.3) is 0 Å². The molecule has 0 unspecified atom stereocenters. The maximum absolute atomic E-state index is 2.65. The molecule has 9 aromatic heterocycles. The minimum atomic E-state index is 1.29. The van der Waals surface area contributed by atoms with Gasteiger partial charge in [-0.15, -0.1) is 0 Å².